The largest absolute Gasteiger partial charge is 0.381 e. The molecule has 0 bridgehead atoms. The molecule has 5 nitrogen and oxygen atoms in total. The van der Waals surface area contributed by atoms with Crippen molar-refractivity contribution < 1.29 is 14.2 Å². The summed E-state index contributed by atoms with van der Waals surface area (Å²) in [5.41, 5.74) is 5.70. The summed E-state index contributed by atoms with van der Waals surface area (Å²) < 4.78 is 17.3. The van der Waals surface area contributed by atoms with Crippen molar-refractivity contribution in [2.75, 3.05) is 46.1 Å². The third kappa shape index (κ3) is 4.13. The lowest BCUT2D eigenvalue weighted by molar-refractivity contribution is -0.147. The molecule has 0 amide bonds. The second kappa shape index (κ2) is 6.99. The zero-order valence-corrected chi connectivity index (χ0v) is 12.3. The Morgan fingerprint density at radius 3 is 2.68 bits per heavy atom. The number of hydrogen-bond donors (Lipinski definition) is 1. The van der Waals surface area contributed by atoms with E-state index in [9.17, 15) is 0 Å². The second-order valence-electron chi connectivity index (χ2n) is 5.89. The fourth-order valence-electron chi connectivity index (χ4n) is 2.73. The molecule has 2 aliphatic rings. The van der Waals surface area contributed by atoms with E-state index in [4.69, 9.17) is 19.9 Å². The molecule has 112 valence electrons. The van der Waals surface area contributed by atoms with Gasteiger partial charge in [-0.05, 0) is 13.8 Å². The zero-order valence-electron chi connectivity index (χ0n) is 12.3. The molecule has 0 radical (unpaired) electrons. The van der Waals surface area contributed by atoms with Crippen molar-refractivity contribution in [1.29, 1.82) is 0 Å². The number of rotatable bonds is 5. The Bertz CT molecular complexity index is 267. The Hall–Kier alpha value is -0.200. The highest BCUT2D eigenvalue weighted by atomic mass is 16.6. The molecule has 2 heterocycles. The maximum Gasteiger partial charge on any atom is 0.0936 e. The van der Waals surface area contributed by atoms with Crippen molar-refractivity contribution in [3.8, 4) is 0 Å². The molecule has 2 fully saturated rings. The van der Waals surface area contributed by atoms with Gasteiger partial charge in [0, 0.05) is 51.7 Å². The van der Waals surface area contributed by atoms with Crippen molar-refractivity contribution in [1.82, 2.24) is 4.90 Å². The number of ether oxygens (including phenoxy) is 3. The quantitative estimate of drug-likeness (QED) is 0.795. The highest BCUT2D eigenvalue weighted by Crippen LogP contribution is 2.24. The van der Waals surface area contributed by atoms with E-state index in [1.807, 2.05) is 0 Å². The Labute approximate surface area is 116 Å². The van der Waals surface area contributed by atoms with Crippen LogP contribution in [0.3, 0.4) is 0 Å². The summed E-state index contributed by atoms with van der Waals surface area (Å²) in [6, 6.07) is 0.568. The molecule has 0 aromatic carbocycles. The van der Waals surface area contributed by atoms with Crippen LogP contribution >= 0.6 is 0 Å². The highest BCUT2D eigenvalue weighted by Gasteiger charge is 2.34. The highest BCUT2D eigenvalue weighted by molar-refractivity contribution is 4.85. The minimum absolute atomic E-state index is 0.169. The first-order valence-corrected chi connectivity index (χ1v) is 7.43. The van der Waals surface area contributed by atoms with Gasteiger partial charge >= 0.3 is 0 Å². The predicted octanol–water partition coefficient (Wildman–Crippen LogP) is 0.620. The van der Waals surface area contributed by atoms with E-state index >= 15 is 0 Å². The van der Waals surface area contributed by atoms with Gasteiger partial charge in [0.1, 0.15) is 0 Å². The van der Waals surface area contributed by atoms with Gasteiger partial charge in [0.25, 0.3) is 0 Å². The molecule has 0 spiro atoms. The van der Waals surface area contributed by atoms with Gasteiger partial charge in [-0.25, -0.2) is 0 Å². The van der Waals surface area contributed by atoms with E-state index in [2.05, 4.69) is 18.7 Å². The molecule has 0 aromatic rings. The number of nitrogens with zero attached hydrogens (tertiary/aromatic N) is 1. The summed E-state index contributed by atoms with van der Waals surface area (Å²) in [5, 5.41) is 0. The van der Waals surface area contributed by atoms with Crippen LogP contribution < -0.4 is 5.73 Å². The minimum atomic E-state index is -0.193. The van der Waals surface area contributed by atoms with Crippen LogP contribution in [0.4, 0.5) is 0 Å². The maximum atomic E-state index is 6.13. The molecule has 2 N–H and O–H groups in total. The number of hydrogen-bond acceptors (Lipinski definition) is 5. The minimum Gasteiger partial charge on any atom is -0.381 e. The first kappa shape index (κ1) is 15.2. The summed E-state index contributed by atoms with van der Waals surface area (Å²) in [5.74, 6) is 0. The second-order valence-corrected chi connectivity index (χ2v) is 5.89. The smallest absolute Gasteiger partial charge is 0.0936 e. The first-order chi connectivity index (χ1) is 9.15. The third-order valence-corrected chi connectivity index (χ3v) is 4.25. The van der Waals surface area contributed by atoms with Crippen LogP contribution in [0.15, 0.2) is 0 Å². The van der Waals surface area contributed by atoms with Crippen LogP contribution in [0.25, 0.3) is 0 Å². The topological polar surface area (TPSA) is 57.0 Å². The van der Waals surface area contributed by atoms with Gasteiger partial charge in [-0.2, -0.15) is 0 Å². The lowest BCUT2D eigenvalue weighted by Gasteiger charge is -2.40. The zero-order chi connectivity index (χ0) is 13.7. The van der Waals surface area contributed by atoms with Gasteiger partial charge < -0.3 is 19.9 Å². The Balaban J connectivity index is 1.80. The van der Waals surface area contributed by atoms with Crippen LogP contribution in [-0.2, 0) is 14.2 Å². The molecule has 2 aliphatic heterocycles. The van der Waals surface area contributed by atoms with E-state index in [0.29, 0.717) is 19.2 Å². The fourth-order valence-corrected chi connectivity index (χ4v) is 2.73. The van der Waals surface area contributed by atoms with Gasteiger partial charge in [0.2, 0.25) is 0 Å². The predicted molar refractivity (Wildman–Crippen MR) is 74.2 cm³/mol. The van der Waals surface area contributed by atoms with E-state index in [-0.39, 0.29) is 11.7 Å². The van der Waals surface area contributed by atoms with Gasteiger partial charge in [-0.15, -0.1) is 0 Å². The molecule has 1 atom stereocenters. The monoisotopic (exact) mass is 272 g/mol. The van der Waals surface area contributed by atoms with Crippen molar-refractivity contribution in [3.05, 3.63) is 0 Å². The molecule has 0 aliphatic carbocycles. The normalized spacial score (nSPS) is 28.7. The molecular formula is C14H28N2O3. The Morgan fingerprint density at radius 2 is 2.05 bits per heavy atom. The molecular weight excluding hydrogens is 244 g/mol. The standard InChI is InChI=1S/C14H28N2O3/c1-12(2)16-5-8-18-13(9-16)10-19-14(11-15)3-6-17-7-4-14/h12-13H,3-11,15H2,1-2H3. The van der Waals surface area contributed by atoms with Crippen molar-refractivity contribution in [2.24, 2.45) is 5.73 Å². The van der Waals surface area contributed by atoms with E-state index < -0.39 is 0 Å². The lowest BCUT2D eigenvalue weighted by atomic mass is 9.94. The Kier molecular flexibility index (Phi) is 5.59. The van der Waals surface area contributed by atoms with Gasteiger partial charge in [0.05, 0.1) is 24.9 Å². The summed E-state index contributed by atoms with van der Waals surface area (Å²) in [6.07, 6.45) is 1.95. The molecule has 2 rings (SSSR count). The van der Waals surface area contributed by atoms with Crippen LogP contribution in [0.5, 0.6) is 0 Å². The summed E-state index contributed by atoms with van der Waals surface area (Å²) >= 11 is 0. The molecule has 19 heavy (non-hydrogen) atoms. The van der Waals surface area contributed by atoms with Crippen LogP contribution in [0.2, 0.25) is 0 Å². The summed E-state index contributed by atoms with van der Waals surface area (Å²) in [7, 11) is 0. The number of nitrogens with two attached hydrogens (primary N) is 1. The molecule has 5 heteroatoms. The summed E-state index contributed by atoms with van der Waals surface area (Å²) in [6.45, 7) is 9.93. The molecule has 0 aromatic heterocycles. The molecule has 0 saturated carbocycles. The maximum absolute atomic E-state index is 6.13. The Morgan fingerprint density at radius 1 is 1.32 bits per heavy atom. The fraction of sp³-hybridized carbons (Fsp3) is 1.00. The van der Waals surface area contributed by atoms with Crippen LogP contribution in [0, 0.1) is 0 Å². The van der Waals surface area contributed by atoms with Crippen molar-refractivity contribution in [2.45, 2.75) is 44.4 Å². The average molecular weight is 272 g/mol. The summed E-state index contributed by atoms with van der Waals surface area (Å²) in [4.78, 5) is 2.44. The molecule has 2 saturated heterocycles. The van der Waals surface area contributed by atoms with E-state index in [1.165, 1.54) is 0 Å². The van der Waals surface area contributed by atoms with Crippen LogP contribution in [0.1, 0.15) is 26.7 Å². The van der Waals surface area contributed by atoms with Crippen LogP contribution in [-0.4, -0.2) is 68.7 Å². The number of morpholine rings is 1. The van der Waals surface area contributed by atoms with Gasteiger partial charge in [-0.1, -0.05) is 0 Å². The third-order valence-electron chi connectivity index (χ3n) is 4.25. The van der Waals surface area contributed by atoms with E-state index in [1.54, 1.807) is 0 Å². The average Bonchev–Trinajstić information content (AvgIpc) is 2.46. The lowest BCUT2D eigenvalue weighted by Crippen LogP contribution is -2.51. The van der Waals surface area contributed by atoms with E-state index in [0.717, 1.165) is 45.8 Å². The van der Waals surface area contributed by atoms with Crippen molar-refractivity contribution in [3.63, 3.8) is 0 Å². The SMILES string of the molecule is CC(C)N1CCOC(COC2(CN)CCOCC2)C1. The van der Waals surface area contributed by atoms with Gasteiger partial charge in [0.15, 0.2) is 0 Å². The molecule has 1 unspecified atom stereocenters. The van der Waals surface area contributed by atoms with Gasteiger partial charge in [-0.3, -0.25) is 4.90 Å². The van der Waals surface area contributed by atoms with Crippen molar-refractivity contribution >= 4 is 0 Å². The first-order valence-electron chi connectivity index (χ1n) is 7.43.